The van der Waals surface area contributed by atoms with Crippen LogP contribution in [0.4, 0.5) is 4.79 Å². The zero-order valence-electron chi connectivity index (χ0n) is 16.6. The van der Waals surface area contributed by atoms with Gasteiger partial charge in [0.1, 0.15) is 6.04 Å². The van der Waals surface area contributed by atoms with Crippen LogP contribution in [0.1, 0.15) is 49.3 Å². The summed E-state index contributed by atoms with van der Waals surface area (Å²) >= 11 is 0. The molecule has 0 saturated carbocycles. The summed E-state index contributed by atoms with van der Waals surface area (Å²) in [4.78, 5) is 23.4. The number of ether oxygens (including phenoxy) is 1. The summed E-state index contributed by atoms with van der Waals surface area (Å²) in [6.07, 6.45) is 0.348. The SMILES string of the molecule is Cc1cccc2c1C(CCOC(=O)N[C@@H](CC(C)C)C(=O)O)c1ccccc1-2. The standard InChI is InChI=1S/C23H27NO4/c1-14(2)13-20(22(25)26)24-23(27)28-12-11-19-17-9-5-4-8-16(17)18-10-6-7-15(3)21(18)19/h4-10,14,19-20H,11-13H2,1-3H3,(H,24,27)(H,25,26)/t19?,20-/m0/s1. The highest BCUT2D eigenvalue weighted by molar-refractivity contribution is 5.81. The highest BCUT2D eigenvalue weighted by atomic mass is 16.5. The van der Waals surface area contributed by atoms with Crippen LogP contribution in [0.2, 0.25) is 0 Å². The number of carboxylic acid groups (broad SMARTS) is 1. The van der Waals surface area contributed by atoms with Crippen molar-refractivity contribution in [3.8, 4) is 11.1 Å². The quantitative estimate of drug-likeness (QED) is 0.727. The number of carbonyl (C=O) groups excluding carboxylic acids is 1. The van der Waals surface area contributed by atoms with Crippen LogP contribution in [0.3, 0.4) is 0 Å². The molecule has 0 fully saturated rings. The Bertz CT molecular complexity index is 875. The van der Waals surface area contributed by atoms with Crippen molar-refractivity contribution in [3.63, 3.8) is 0 Å². The summed E-state index contributed by atoms with van der Waals surface area (Å²) < 4.78 is 5.32. The van der Waals surface area contributed by atoms with Crippen LogP contribution in [0, 0.1) is 12.8 Å². The van der Waals surface area contributed by atoms with Gasteiger partial charge in [-0.1, -0.05) is 56.3 Å². The van der Waals surface area contributed by atoms with Gasteiger partial charge in [0, 0.05) is 5.92 Å². The molecular formula is C23H27NO4. The second-order valence-electron chi connectivity index (χ2n) is 7.77. The molecule has 5 nitrogen and oxygen atoms in total. The molecule has 2 N–H and O–H groups in total. The van der Waals surface area contributed by atoms with Crippen LogP contribution in [0.25, 0.3) is 11.1 Å². The van der Waals surface area contributed by atoms with E-state index in [1.54, 1.807) is 0 Å². The summed E-state index contributed by atoms with van der Waals surface area (Å²) in [5.41, 5.74) is 6.24. The van der Waals surface area contributed by atoms with Gasteiger partial charge in [0.25, 0.3) is 0 Å². The van der Waals surface area contributed by atoms with E-state index < -0.39 is 18.1 Å². The molecule has 1 aliphatic rings. The number of hydrogen-bond donors (Lipinski definition) is 2. The van der Waals surface area contributed by atoms with Gasteiger partial charge in [0.2, 0.25) is 0 Å². The van der Waals surface area contributed by atoms with E-state index in [1.165, 1.54) is 27.8 Å². The van der Waals surface area contributed by atoms with E-state index >= 15 is 0 Å². The van der Waals surface area contributed by atoms with Crippen LogP contribution in [0.5, 0.6) is 0 Å². The summed E-state index contributed by atoms with van der Waals surface area (Å²) in [6.45, 7) is 6.17. The molecule has 2 aromatic rings. The van der Waals surface area contributed by atoms with Gasteiger partial charge in [-0.3, -0.25) is 0 Å². The Morgan fingerprint density at radius 1 is 1.11 bits per heavy atom. The first-order valence-corrected chi connectivity index (χ1v) is 9.73. The van der Waals surface area contributed by atoms with Crippen LogP contribution >= 0.6 is 0 Å². The summed E-state index contributed by atoms with van der Waals surface area (Å²) in [5.74, 6) is -0.707. The Balaban J connectivity index is 1.65. The maximum Gasteiger partial charge on any atom is 0.407 e. The zero-order valence-corrected chi connectivity index (χ0v) is 16.6. The van der Waals surface area contributed by atoms with Gasteiger partial charge in [-0.2, -0.15) is 0 Å². The minimum atomic E-state index is -1.04. The highest BCUT2D eigenvalue weighted by Gasteiger charge is 2.29. The monoisotopic (exact) mass is 381 g/mol. The van der Waals surface area contributed by atoms with E-state index in [-0.39, 0.29) is 18.4 Å². The molecule has 28 heavy (non-hydrogen) atoms. The molecule has 0 radical (unpaired) electrons. The smallest absolute Gasteiger partial charge is 0.407 e. The van der Waals surface area contributed by atoms with Crippen molar-refractivity contribution in [1.82, 2.24) is 5.32 Å². The molecule has 2 aromatic carbocycles. The van der Waals surface area contributed by atoms with Crippen molar-refractivity contribution in [1.29, 1.82) is 0 Å². The van der Waals surface area contributed by atoms with Crippen LogP contribution in [0.15, 0.2) is 42.5 Å². The molecule has 3 rings (SSSR count). The minimum absolute atomic E-state index is 0.163. The topological polar surface area (TPSA) is 75.6 Å². The van der Waals surface area contributed by atoms with E-state index in [2.05, 4.69) is 42.6 Å². The normalized spacial score (nSPS) is 15.6. The number of alkyl carbamates (subject to hydrolysis) is 1. The first-order chi connectivity index (χ1) is 13.4. The lowest BCUT2D eigenvalue weighted by atomic mass is 9.91. The van der Waals surface area contributed by atoms with Gasteiger partial charge in [0.05, 0.1) is 6.61 Å². The molecule has 0 heterocycles. The number of amides is 1. The number of hydrogen-bond acceptors (Lipinski definition) is 3. The van der Waals surface area contributed by atoms with Crippen molar-refractivity contribution in [2.45, 2.75) is 45.6 Å². The third-order valence-electron chi connectivity index (χ3n) is 5.24. The fraction of sp³-hybridized carbons (Fsp3) is 0.391. The number of carboxylic acids is 1. The third kappa shape index (κ3) is 4.19. The fourth-order valence-electron chi connectivity index (χ4n) is 4.03. The number of carbonyl (C=O) groups is 2. The predicted octanol–water partition coefficient (Wildman–Crippen LogP) is 4.72. The first-order valence-electron chi connectivity index (χ1n) is 9.73. The van der Waals surface area contributed by atoms with Crippen molar-refractivity contribution in [2.24, 2.45) is 5.92 Å². The minimum Gasteiger partial charge on any atom is -0.480 e. The highest BCUT2D eigenvalue weighted by Crippen LogP contribution is 2.47. The van der Waals surface area contributed by atoms with Gasteiger partial charge < -0.3 is 15.2 Å². The molecule has 0 bridgehead atoms. The maximum atomic E-state index is 12.1. The van der Waals surface area contributed by atoms with Gasteiger partial charge >= 0.3 is 12.1 Å². The zero-order chi connectivity index (χ0) is 20.3. The van der Waals surface area contributed by atoms with Crippen LogP contribution in [-0.2, 0) is 9.53 Å². The van der Waals surface area contributed by atoms with E-state index in [0.29, 0.717) is 12.8 Å². The van der Waals surface area contributed by atoms with Crippen LogP contribution < -0.4 is 5.32 Å². The average molecular weight is 381 g/mol. The molecule has 0 aliphatic heterocycles. The molecule has 0 saturated heterocycles. The predicted molar refractivity (Wildman–Crippen MR) is 108 cm³/mol. The van der Waals surface area contributed by atoms with Gasteiger partial charge in [-0.25, -0.2) is 9.59 Å². The second kappa shape index (κ2) is 8.46. The Morgan fingerprint density at radius 3 is 2.54 bits per heavy atom. The molecular weight excluding hydrogens is 354 g/mol. The van der Waals surface area contributed by atoms with E-state index in [9.17, 15) is 14.7 Å². The Labute approximate surface area is 165 Å². The maximum absolute atomic E-state index is 12.1. The van der Waals surface area contributed by atoms with Gasteiger partial charge in [-0.05, 0) is 53.5 Å². The second-order valence-corrected chi connectivity index (χ2v) is 7.77. The van der Waals surface area contributed by atoms with Gasteiger partial charge in [-0.15, -0.1) is 0 Å². The first kappa shape index (κ1) is 19.9. The molecule has 148 valence electrons. The van der Waals surface area contributed by atoms with Crippen molar-refractivity contribution in [3.05, 3.63) is 59.2 Å². The number of aliphatic carboxylic acids is 1. The molecule has 5 heteroatoms. The Kier molecular flexibility index (Phi) is 6.02. The summed E-state index contributed by atoms with van der Waals surface area (Å²) in [7, 11) is 0. The van der Waals surface area contributed by atoms with E-state index in [4.69, 9.17) is 4.74 Å². The molecule has 1 aliphatic carbocycles. The lowest BCUT2D eigenvalue weighted by molar-refractivity contribution is -0.139. The van der Waals surface area contributed by atoms with Crippen molar-refractivity contribution >= 4 is 12.1 Å². The molecule has 2 atom stereocenters. The molecule has 1 unspecified atom stereocenters. The average Bonchev–Trinajstić information content (AvgIpc) is 2.96. The van der Waals surface area contributed by atoms with Crippen LogP contribution in [-0.4, -0.2) is 29.8 Å². The largest absolute Gasteiger partial charge is 0.480 e. The van der Waals surface area contributed by atoms with Crippen molar-refractivity contribution in [2.75, 3.05) is 6.61 Å². The third-order valence-corrected chi connectivity index (χ3v) is 5.24. The number of fused-ring (bicyclic) bond motifs is 3. The number of benzene rings is 2. The molecule has 1 amide bonds. The van der Waals surface area contributed by atoms with Crippen molar-refractivity contribution < 1.29 is 19.4 Å². The van der Waals surface area contributed by atoms with E-state index in [1.807, 2.05) is 26.0 Å². The number of rotatable bonds is 7. The molecule has 0 aromatic heterocycles. The Morgan fingerprint density at radius 2 is 1.82 bits per heavy atom. The van der Waals surface area contributed by atoms with E-state index in [0.717, 1.165) is 0 Å². The fourth-order valence-corrected chi connectivity index (χ4v) is 4.03. The summed E-state index contributed by atoms with van der Waals surface area (Å²) in [5, 5.41) is 11.7. The Hall–Kier alpha value is -2.82. The lowest BCUT2D eigenvalue weighted by Crippen LogP contribution is -2.42. The molecule has 0 spiro atoms. The number of aryl methyl sites for hydroxylation is 1. The number of nitrogens with one attached hydrogen (secondary N) is 1. The lowest BCUT2D eigenvalue weighted by Gasteiger charge is -2.18. The van der Waals surface area contributed by atoms with Gasteiger partial charge in [0.15, 0.2) is 0 Å². The summed E-state index contributed by atoms with van der Waals surface area (Å²) in [6, 6.07) is 13.7.